The molecule has 1 amide bonds. The number of aryl methyl sites for hydroxylation is 1. The fourth-order valence-corrected chi connectivity index (χ4v) is 4.07. The molecule has 138 valence electrons. The van der Waals surface area contributed by atoms with Gasteiger partial charge in [-0.25, -0.2) is 4.98 Å². The second kappa shape index (κ2) is 7.94. The van der Waals surface area contributed by atoms with Gasteiger partial charge in [0.05, 0.1) is 30.7 Å². The van der Waals surface area contributed by atoms with Crippen LogP contribution in [0.5, 0.6) is 0 Å². The fraction of sp³-hybridized carbons (Fsp3) is 0.300. The number of nitrogens with zero attached hydrogens (tertiary/aromatic N) is 4. The summed E-state index contributed by atoms with van der Waals surface area (Å²) in [6.45, 7) is 3.28. The highest BCUT2D eigenvalue weighted by Gasteiger charge is 2.26. The van der Waals surface area contributed by atoms with Crippen LogP contribution < -0.4 is 4.90 Å². The second-order valence-corrected chi connectivity index (χ2v) is 7.36. The zero-order chi connectivity index (χ0) is 18.6. The summed E-state index contributed by atoms with van der Waals surface area (Å²) in [4.78, 5) is 19.5. The van der Waals surface area contributed by atoms with E-state index in [2.05, 4.69) is 15.2 Å². The topological polar surface area (TPSA) is 68.2 Å². The Kier molecular flexibility index (Phi) is 5.22. The number of ether oxygens (including phenoxy) is 1. The largest absolute Gasteiger partial charge is 0.376 e. The molecule has 1 fully saturated rings. The average Bonchev–Trinajstić information content (AvgIpc) is 3.39. The monoisotopic (exact) mass is 380 g/mol. The molecule has 0 radical (unpaired) electrons. The van der Waals surface area contributed by atoms with Crippen molar-refractivity contribution < 1.29 is 9.53 Å². The number of hydrogen-bond acceptors (Lipinski definition) is 6. The van der Waals surface area contributed by atoms with Crippen molar-refractivity contribution >= 4 is 22.9 Å². The lowest BCUT2D eigenvalue weighted by atomic mass is 10.1. The third kappa shape index (κ3) is 3.89. The van der Waals surface area contributed by atoms with Crippen LogP contribution in [0.4, 0.5) is 5.69 Å². The highest BCUT2D eigenvalue weighted by molar-refractivity contribution is 7.13. The van der Waals surface area contributed by atoms with E-state index in [0.717, 1.165) is 35.6 Å². The van der Waals surface area contributed by atoms with Gasteiger partial charge in [-0.3, -0.25) is 4.79 Å². The molecule has 2 aromatic heterocycles. The molecular formula is C20H20N4O2S. The van der Waals surface area contributed by atoms with E-state index >= 15 is 0 Å². The van der Waals surface area contributed by atoms with Gasteiger partial charge in [-0.1, -0.05) is 24.3 Å². The first-order valence-corrected chi connectivity index (χ1v) is 9.82. The van der Waals surface area contributed by atoms with Gasteiger partial charge >= 0.3 is 0 Å². The van der Waals surface area contributed by atoms with E-state index in [0.29, 0.717) is 17.9 Å². The molecular weight excluding hydrogens is 360 g/mol. The molecule has 0 saturated carbocycles. The van der Waals surface area contributed by atoms with Crippen LogP contribution in [0.1, 0.15) is 28.9 Å². The zero-order valence-corrected chi connectivity index (χ0v) is 15.9. The van der Waals surface area contributed by atoms with Gasteiger partial charge in [-0.05, 0) is 31.4 Å². The summed E-state index contributed by atoms with van der Waals surface area (Å²) < 4.78 is 5.73. The number of thiazole rings is 1. The molecule has 1 unspecified atom stereocenters. The van der Waals surface area contributed by atoms with Crippen LogP contribution in [0.3, 0.4) is 0 Å². The maximum absolute atomic E-state index is 13.2. The van der Waals surface area contributed by atoms with Crippen molar-refractivity contribution in [2.24, 2.45) is 0 Å². The van der Waals surface area contributed by atoms with Crippen LogP contribution in [0.25, 0.3) is 10.6 Å². The molecule has 0 aliphatic carbocycles. The van der Waals surface area contributed by atoms with Crippen LogP contribution in [0.15, 0.2) is 48.1 Å². The predicted octanol–water partition coefficient (Wildman–Crippen LogP) is 3.73. The van der Waals surface area contributed by atoms with Crippen molar-refractivity contribution in [3.8, 4) is 10.6 Å². The minimum Gasteiger partial charge on any atom is -0.376 e. The van der Waals surface area contributed by atoms with E-state index < -0.39 is 0 Å². The van der Waals surface area contributed by atoms with E-state index in [1.54, 1.807) is 23.4 Å². The first-order valence-electron chi connectivity index (χ1n) is 8.94. The average molecular weight is 380 g/mol. The fourth-order valence-electron chi connectivity index (χ4n) is 3.19. The molecule has 3 aromatic rings. The minimum atomic E-state index is -0.144. The molecule has 0 spiro atoms. The quantitative estimate of drug-likeness (QED) is 0.675. The summed E-state index contributed by atoms with van der Waals surface area (Å²) in [6.07, 6.45) is 5.20. The van der Waals surface area contributed by atoms with Gasteiger partial charge in [0.15, 0.2) is 0 Å². The summed E-state index contributed by atoms with van der Waals surface area (Å²) in [5, 5.41) is 10.4. The Bertz CT molecular complexity index is 922. The van der Waals surface area contributed by atoms with Crippen LogP contribution in [-0.4, -0.2) is 40.3 Å². The molecule has 7 heteroatoms. The molecule has 1 saturated heterocycles. The first kappa shape index (κ1) is 17.8. The highest BCUT2D eigenvalue weighted by atomic mass is 32.1. The number of aromatic nitrogens is 3. The number of hydrogen-bond donors (Lipinski definition) is 0. The van der Waals surface area contributed by atoms with Crippen molar-refractivity contribution in [2.75, 3.05) is 18.1 Å². The van der Waals surface area contributed by atoms with Crippen molar-refractivity contribution in [1.82, 2.24) is 15.2 Å². The molecule has 1 atom stereocenters. The van der Waals surface area contributed by atoms with Crippen molar-refractivity contribution in [1.29, 1.82) is 0 Å². The van der Waals surface area contributed by atoms with Crippen molar-refractivity contribution in [2.45, 2.75) is 25.9 Å². The van der Waals surface area contributed by atoms with E-state index in [4.69, 9.17) is 4.74 Å². The Balaban J connectivity index is 1.62. The summed E-state index contributed by atoms with van der Waals surface area (Å²) >= 11 is 1.48. The van der Waals surface area contributed by atoms with Gasteiger partial charge in [0.2, 0.25) is 0 Å². The third-order valence-corrected chi connectivity index (χ3v) is 5.51. The minimum absolute atomic E-state index is 0.0385. The molecule has 6 nitrogen and oxygen atoms in total. The molecule has 1 aromatic carbocycles. The van der Waals surface area contributed by atoms with E-state index in [9.17, 15) is 4.79 Å². The zero-order valence-electron chi connectivity index (χ0n) is 15.0. The number of carbonyl (C=O) groups excluding carboxylic acids is 1. The first-order chi connectivity index (χ1) is 13.2. The maximum atomic E-state index is 13.2. The van der Waals surface area contributed by atoms with Crippen molar-refractivity contribution in [3.63, 3.8) is 0 Å². The van der Waals surface area contributed by atoms with E-state index in [-0.39, 0.29) is 12.0 Å². The van der Waals surface area contributed by atoms with Gasteiger partial charge in [-0.2, -0.15) is 10.2 Å². The smallest absolute Gasteiger partial charge is 0.277 e. The molecule has 3 heterocycles. The SMILES string of the molecule is Cc1ccccc1-c1nc(C(=O)N(CC2CCCO2)c2ccnnc2)cs1. The van der Waals surface area contributed by atoms with Gasteiger partial charge < -0.3 is 9.64 Å². The second-order valence-electron chi connectivity index (χ2n) is 6.50. The van der Waals surface area contributed by atoms with Crippen LogP contribution in [0.2, 0.25) is 0 Å². The summed E-state index contributed by atoms with van der Waals surface area (Å²) in [5.74, 6) is -0.144. The number of benzene rings is 1. The van der Waals surface area contributed by atoms with Gasteiger partial charge in [0.25, 0.3) is 5.91 Å². The number of carbonyl (C=O) groups is 1. The van der Waals surface area contributed by atoms with Gasteiger partial charge in [-0.15, -0.1) is 11.3 Å². The summed E-state index contributed by atoms with van der Waals surface area (Å²) in [6, 6.07) is 9.84. The van der Waals surface area contributed by atoms with E-state index in [1.807, 2.05) is 36.6 Å². The Labute approximate surface area is 161 Å². The predicted molar refractivity (Wildman–Crippen MR) is 105 cm³/mol. The van der Waals surface area contributed by atoms with Gasteiger partial charge in [0.1, 0.15) is 10.7 Å². The Morgan fingerprint density at radius 1 is 1.30 bits per heavy atom. The number of amides is 1. The van der Waals surface area contributed by atoms with Crippen LogP contribution in [0, 0.1) is 6.92 Å². The van der Waals surface area contributed by atoms with Crippen LogP contribution >= 0.6 is 11.3 Å². The standard InChI is InChI=1S/C20H20N4O2S/c1-14-5-2-3-7-17(14)19-23-18(13-27-19)20(25)24(12-16-6-4-10-26-16)15-8-9-21-22-11-15/h2-3,5,7-9,11,13,16H,4,6,10,12H2,1H3. The number of rotatable bonds is 5. The lowest BCUT2D eigenvalue weighted by Gasteiger charge is -2.24. The lowest BCUT2D eigenvalue weighted by molar-refractivity contribution is 0.0914. The Hall–Kier alpha value is -2.64. The third-order valence-electron chi connectivity index (χ3n) is 4.63. The Morgan fingerprint density at radius 3 is 2.93 bits per heavy atom. The van der Waals surface area contributed by atoms with Crippen LogP contribution in [-0.2, 0) is 4.74 Å². The molecule has 0 N–H and O–H groups in total. The molecule has 4 rings (SSSR count). The number of anilines is 1. The molecule has 27 heavy (non-hydrogen) atoms. The Morgan fingerprint density at radius 2 is 2.19 bits per heavy atom. The molecule has 0 bridgehead atoms. The maximum Gasteiger partial charge on any atom is 0.277 e. The summed E-state index contributed by atoms with van der Waals surface area (Å²) in [7, 11) is 0. The molecule has 1 aliphatic rings. The van der Waals surface area contributed by atoms with Gasteiger partial charge in [0, 0.05) is 17.6 Å². The normalized spacial score (nSPS) is 16.4. The van der Waals surface area contributed by atoms with Crippen molar-refractivity contribution in [3.05, 3.63) is 59.4 Å². The molecule has 1 aliphatic heterocycles. The van der Waals surface area contributed by atoms with E-state index in [1.165, 1.54) is 11.3 Å². The summed E-state index contributed by atoms with van der Waals surface area (Å²) in [5.41, 5.74) is 3.34. The lowest BCUT2D eigenvalue weighted by Crippen LogP contribution is -2.37. The highest BCUT2D eigenvalue weighted by Crippen LogP contribution is 2.28.